The van der Waals surface area contributed by atoms with Crippen LogP contribution in [0.1, 0.15) is 17.5 Å². The molecule has 2 aromatic rings. The fourth-order valence-electron chi connectivity index (χ4n) is 1.25. The zero-order valence-electron chi connectivity index (χ0n) is 7.30. The van der Waals surface area contributed by atoms with Gasteiger partial charge >= 0.3 is 0 Å². The summed E-state index contributed by atoms with van der Waals surface area (Å²) in [5, 5.41) is 0.257. The topological polar surface area (TPSA) is 30.2 Å². The highest BCUT2D eigenvalue weighted by Crippen LogP contribution is 2.23. The van der Waals surface area contributed by atoms with Crippen molar-refractivity contribution >= 4 is 16.8 Å². The molecule has 0 radical (unpaired) electrons. The first kappa shape index (κ1) is 8.87. The molecule has 0 saturated carbocycles. The van der Waals surface area contributed by atoms with Gasteiger partial charge in [0, 0.05) is 18.4 Å². The van der Waals surface area contributed by atoms with Gasteiger partial charge in [0.2, 0.25) is 0 Å². The molecule has 2 rings (SSSR count). The summed E-state index contributed by atoms with van der Waals surface area (Å²) in [4.78, 5) is 10.9. The van der Waals surface area contributed by atoms with Crippen LogP contribution in [0.3, 0.4) is 0 Å². The number of halogens is 2. The van der Waals surface area contributed by atoms with Crippen molar-refractivity contribution in [2.24, 2.45) is 0 Å². The highest BCUT2D eigenvalue weighted by Gasteiger charge is 2.12. The summed E-state index contributed by atoms with van der Waals surface area (Å²) in [5.74, 6) is -1.77. The van der Waals surface area contributed by atoms with Crippen LogP contribution in [0.15, 0.2) is 22.6 Å². The molecule has 0 aliphatic carbocycles. The Kier molecular flexibility index (Phi) is 1.84. The van der Waals surface area contributed by atoms with Gasteiger partial charge in [-0.15, -0.1) is 0 Å². The van der Waals surface area contributed by atoms with E-state index in [1.165, 1.54) is 13.0 Å². The molecule has 2 nitrogen and oxygen atoms in total. The molecule has 14 heavy (non-hydrogen) atoms. The largest absolute Gasteiger partial charge is 0.450 e. The van der Waals surface area contributed by atoms with Crippen LogP contribution in [-0.2, 0) is 0 Å². The monoisotopic (exact) mass is 196 g/mol. The number of rotatable bonds is 1. The highest BCUT2D eigenvalue weighted by molar-refractivity contribution is 5.96. The number of carbonyl (C=O) groups is 1. The Labute approximate surface area is 78.1 Å². The second kappa shape index (κ2) is 2.90. The molecule has 0 saturated heterocycles. The van der Waals surface area contributed by atoms with Crippen LogP contribution in [0.4, 0.5) is 8.78 Å². The van der Waals surface area contributed by atoms with Crippen LogP contribution in [0, 0.1) is 11.6 Å². The van der Waals surface area contributed by atoms with Crippen LogP contribution >= 0.6 is 0 Å². The van der Waals surface area contributed by atoms with Crippen molar-refractivity contribution in [2.45, 2.75) is 6.92 Å². The van der Waals surface area contributed by atoms with Gasteiger partial charge in [-0.3, -0.25) is 4.79 Å². The van der Waals surface area contributed by atoms with Crippen molar-refractivity contribution in [1.29, 1.82) is 0 Å². The van der Waals surface area contributed by atoms with Crippen LogP contribution in [0.5, 0.6) is 0 Å². The predicted molar refractivity (Wildman–Crippen MR) is 46.1 cm³/mol. The minimum absolute atomic E-state index is 0.0319. The van der Waals surface area contributed by atoms with Crippen LogP contribution in [-0.4, -0.2) is 5.78 Å². The summed E-state index contributed by atoms with van der Waals surface area (Å²) < 4.78 is 30.7. The summed E-state index contributed by atoms with van der Waals surface area (Å²) in [6, 6.07) is 3.16. The van der Waals surface area contributed by atoms with E-state index >= 15 is 0 Å². The van der Waals surface area contributed by atoms with E-state index in [4.69, 9.17) is 4.42 Å². The maximum Gasteiger partial charge on any atom is 0.194 e. The highest BCUT2D eigenvalue weighted by atomic mass is 19.1. The zero-order valence-corrected chi connectivity index (χ0v) is 7.30. The van der Waals surface area contributed by atoms with Crippen LogP contribution in [0.25, 0.3) is 11.0 Å². The molecule has 72 valence electrons. The molecule has 4 heteroatoms. The minimum Gasteiger partial charge on any atom is -0.450 e. The van der Waals surface area contributed by atoms with E-state index in [0.717, 1.165) is 12.1 Å². The predicted octanol–water partition coefficient (Wildman–Crippen LogP) is 2.91. The Morgan fingerprint density at radius 1 is 1.29 bits per heavy atom. The molecule has 0 fully saturated rings. The Morgan fingerprint density at radius 2 is 2.00 bits per heavy atom. The van der Waals surface area contributed by atoms with E-state index in [-0.39, 0.29) is 22.5 Å². The van der Waals surface area contributed by atoms with Crippen molar-refractivity contribution < 1.29 is 18.0 Å². The van der Waals surface area contributed by atoms with E-state index in [9.17, 15) is 13.6 Å². The number of hydrogen-bond donors (Lipinski definition) is 0. The van der Waals surface area contributed by atoms with E-state index in [1.54, 1.807) is 0 Å². The standard InChI is InChI=1S/C10H6F2O2/c1-5(13)9-3-6-2-7(11)4-8(12)10(6)14-9/h2-4H,1H3. The normalized spacial score (nSPS) is 10.8. The molecular weight excluding hydrogens is 190 g/mol. The van der Waals surface area contributed by atoms with Crippen molar-refractivity contribution in [2.75, 3.05) is 0 Å². The van der Waals surface area contributed by atoms with Gasteiger partial charge < -0.3 is 4.42 Å². The molecule has 1 aromatic heterocycles. The SMILES string of the molecule is CC(=O)c1cc2cc(F)cc(F)c2o1. The van der Waals surface area contributed by atoms with Crippen LogP contribution in [0.2, 0.25) is 0 Å². The molecular formula is C10H6F2O2. The lowest BCUT2D eigenvalue weighted by molar-refractivity contribution is 0.0989. The third-order valence-electron chi connectivity index (χ3n) is 1.88. The maximum absolute atomic E-state index is 13.1. The van der Waals surface area contributed by atoms with Crippen LogP contribution < -0.4 is 0 Å². The summed E-state index contributed by atoms with van der Waals surface area (Å²) in [6.07, 6.45) is 0. The lowest BCUT2D eigenvalue weighted by Gasteiger charge is -1.90. The molecule has 0 spiro atoms. The maximum atomic E-state index is 13.1. The molecule has 0 atom stereocenters. The van der Waals surface area contributed by atoms with Gasteiger partial charge in [0.25, 0.3) is 0 Å². The van der Waals surface area contributed by atoms with E-state index in [1.807, 2.05) is 0 Å². The van der Waals surface area contributed by atoms with E-state index in [0.29, 0.717) is 0 Å². The molecule has 0 amide bonds. The van der Waals surface area contributed by atoms with E-state index in [2.05, 4.69) is 0 Å². The van der Waals surface area contributed by atoms with Gasteiger partial charge in [-0.25, -0.2) is 8.78 Å². The van der Waals surface area contributed by atoms with Gasteiger partial charge in [-0.1, -0.05) is 0 Å². The Balaban J connectivity index is 2.76. The number of carbonyl (C=O) groups excluding carboxylic acids is 1. The summed E-state index contributed by atoms with van der Waals surface area (Å²) >= 11 is 0. The number of fused-ring (bicyclic) bond motifs is 1. The molecule has 1 aromatic carbocycles. The average Bonchev–Trinajstić information content (AvgIpc) is 2.47. The number of ketones is 1. The fraction of sp³-hybridized carbons (Fsp3) is 0.100. The van der Waals surface area contributed by atoms with E-state index < -0.39 is 11.6 Å². The minimum atomic E-state index is -0.799. The Hall–Kier alpha value is -1.71. The van der Waals surface area contributed by atoms with Gasteiger partial charge in [0.1, 0.15) is 5.82 Å². The molecule has 0 bridgehead atoms. The second-order valence-electron chi connectivity index (χ2n) is 2.97. The smallest absolute Gasteiger partial charge is 0.194 e. The first-order valence-corrected chi connectivity index (χ1v) is 3.97. The number of benzene rings is 1. The average molecular weight is 196 g/mol. The summed E-state index contributed by atoms with van der Waals surface area (Å²) in [5.41, 5.74) is -0.0865. The molecule has 0 unspecified atom stereocenters. The number of furan rings is 1. The lowest BCUT2D eigenvalue weighted by Crippen LogP contribution is -1.85. The zero-order chi connectivity index (χ0) is 10.3. The number of hydrogen-bond acceptors (Lipinski definition) is 2. The summed E-state index contributed by atoms with van der Waals surface area (Å²) in [7, 11) is 0. The molecule has 0 aliphatic heterocycles. The molecule has 0 N–H and O–H groups in total. The van der Waals surface area contributed by atoms with Crippen molar-refractivity contribution in [3.63, 3.8) is 0 Å². The van der Waals surface area contributed by atoms with Gasteiger partial charge in [0.05, 0.1) is 0 Å². The quantitative estimate of drug-likeness (QED) is 0.656. The lowest BCUT2D eigenvalue weighted by atomic mass is 10.2. The first-order chi connectivity index (χ1) is 6.58. The van der Waals surface area contributed by atoms with Crippen molar-refractivity contribution in [3.05, 3.63) is 35.6 Å². The fourth-order valence-corrected chi connectivity index (χ4v) is 1.25. The van der Waals surface area contributed by atoms with Gasteiger partial charge in [-0.05, 0) is 12.1 Å². The van der Waals surface area contributed by atoms with Gasteiger partial charge in [0.15, 0.2) is 22.9 Å². The second-order valence-corrected chi connectivity index (χ2v) is 2.97. The Morgan fingerprint density at radius 3 is 2.64 bits per heavy atom. The Bertz CT molecular complexity index is 514. The first-order valence-electron chi connectivity index (χ1n) is 3.97. The van der Waals surface area contributed by atoms with Crippen molar-refractivity contribution in [1.82, 2.24) is 0 Å². The molecule has 1 heterocycles. The number of Topliss-reactive ketones (excluding diaryl/α,β-unsaturated/α-hetero) is 1. The molecule has 0 aliphatic rings. The van der Waals surface area contributed by atoms with Gasteiger partial charge in [-0.2, -0.15) is 0 Å². The third-order valence-corrected chi connectivity index (χ3v) is 1.88. The third kappa shape index (κ3) is 1.28. The summed E-state index contributed by atoms with van der Waals surface area (Å²) in [6.45, 7) is 1.30. The van der Waals surface area contributed by atoms with Crippen molar-refractivity contribution in [3.8, 4) is 0 Å².